The third-order valence-corrected chi connectivity index (χ3v) is 7.23. The van der Waals surface area contributed by atoms with Crippen LogP contribution in [0.3, 0.4) is 0 Å². The van der Waals surface area contributed by atoms with Crippen molar-refractivity contribution in [3.8, 4) is 0 Å². The minimum absolute atomic E-state index is 0.0899. The summed E-state index contributed by atoms with van der Waals surface area (Å²) in [6.07, 6.45) is 5.27. The molecule has 0 bridgehead atoms. The van der Waals surface area contributed by atoms with Gasteiger partial charge in [0, 0.05) is 6.42 Å². The van der Waals surface area contributed by atoms with Crippen LogP contribution in [0.15, 0.2) is 24.3 Å². The summed E-state index contributed by atoms with van der Waals surface area (Å²) in [5.74, 6) is 1.54. The number of rotatable bonds is 5. The molecule has 2 aliphatic rings. The third-order valence-electron chi connectivity index (χ3n) is 7.23. The Hall–Kier alpha value is -1.33. The van der Waals surface area contributed by atoms with Gasteiger partial charge >= 0.3 is 13.1 Å². The highest BCUT2D eigenvalue weighted by Gasteiger charge is 2.51. The molecule has 1 heterocycles. The second-order valence-electron chi connectivity index (χ2n) is 9.62. The van der Waals surface area contributed by atoms with Crippen LogP contribution in [0.2, 0.25) is 0 Å². The summed E-state index contributed by atoms with van der Waals surface area (Å²) < 4.78 is 17.1. The lowest BCUT2D eigenvalue weighted by atomic mass is 9.72. The molecule has 1 saturated heterocycles. The molecule has 0 spiro atoms. The van der Waals surface area contributed by atoms with Gasteiger partial charge in [0.2, 0.25) is 0 Å². The Bertz CT molecular complexity index is 658. The predicted molar refractivity (Wildman–Crippen MR) is 113 cm³/mol. The monoisotopic (exact) mass is 386 g/mol. The average molecular weight is 386 g/mol. The van der Waals surface area contributed by atoms with Gasteiger partial charge in [0.25, 0.3) is 0 Å². The first-order valence-corrected chi connectivity index (χ1v) is 10.7. The molecule has 3 rings (SSSR count). The Morgan fingerprint density at radius 2 is 1.61 bits per heavy atom. The molecular weight excluding hydrogens is 351 g/mol. The van der Waals surface area contributed by atoms with Crippen molar-refractivity contribution in [1.29, 1.82) is 0 Å². The van der Waals surface area contributed by atoms with Crippen LogP contribution in [0.4, 0.5) is 0 Å². The van der Waals surface area contributed by atoms with E-state index < -0.39 is 0 Å². The van der Waals surface area contributed by atoms with Crippen molar-refractivity contribution >= 4 is 18.6 Å². The summed E-state index contributed by atoms with van der Waals surface area (Å²) in [5.41, 5.74) is 1.87. The minimum Gasteiger partial charge on any atom is -0.469 e. The summed E-state index contributed by atoms with van der Waals surface area (Å²) in [6, 6.07) is 8.79. The maximum absolute atomic E-state index is 11.5. The van der Waals surface area contributed by atoms with E-state index in [0.717, 1.165) is 5.46 Å². The Morgan fingerprint density at radius 1 is 1.07 bits per heavy atom. The van der Waals surface area contributed by atoms with Gasteiger partial charge in [-0.15, -0.1) is 0 Å². The van der Waals surface area contributed by atoms with E-state index in [2.05, 4.69) is 58.9 Å². The van der Waals surface area contributed by atoms with Crippen molar-refractivity contribution in [2.75, 3.05) is 7.11 Å². The molecule has 5 heteroatoms. The Kier molecular flexibility index (Phi) is 6.26. The number of hydrogen-bond donors (Lipinski definition) is 0. The lowest BCUT2D eigenvalue weighted by Gasteiger charge is -2.32. The molecule has 2 fully saturated rings. The van der Waals surface area contributed by atoms with E-state index in [9.17, 15) is 4.79 Å². The van der Waals surface area contributed by atoms with E-state index >= 15 is 0 Å². The fourth-order valence-electron chi connectivity index (χ4n) is 4.44. The van der Waals surface area contributed by atoms with Crippen LogP contribution in [0.25, 0.3) is 0 Å². The van der Waals surface area contributed by atoms with Crippen molar-refractivity contribution < 1.29 is 18.8 Å². The molecule has 1 unspecified atom stereocenters. The number of benzene rings is 1. The van der Waals surface area contributed by atoms with Gasteiger partial charge in [-0.2, -0.15) is 0 Å². The van der Waals surface area contributed by atoms with Gasteiger partial charge in [-0.3, -0.25) is 4.79 Å². The maximum atomic E-state index is 11.5. The van der Waals surface area contributed by atoms with Gasteiger partial charge in [-0.25, -0.2) is 0 Å². The zero-order valence-electron chi connectivity index (χ0n) is 18.3. The van der Waals surface area contributed by atoms with Crippen LogP contribution in [-0.2, 0) is 18.8 Å². The standard InChI is InChI=1S/C23H35BO4/c1-16(15-21(25)26-6)17-7-9-18(10-8-17)19-11-13-20(14-12-19)24-27-22(2,3)23(4,5)28-24/h11-14,16-18H,7-10,15H2,1-6H3. The quantitative estimate of drug-likeness (QED) is 0.554. The fraction of sp³-hybridized carbons (Fsp3) is 0.696. The van der Waals surface area contributed by atoms with Gasteiger partial charge in [0.1, 0.15) is 0 Å². The Labute approximate surface area is 170 Å². The second kappa shape index (κ2) is 8.20. The zero-order chi connectivity index (χ0) is 20.5. The number of hydrogen-bond acceptors (Lipinski definition) is 4. The number of carbonyl (C=O) groups is 1. The summed E-state index contributed by atoms with van der Waals surface area (Å²) in [4.78, 5) is 11.5. The summed E-state index contributed by atoms with van der Waals surface area (Å²) >= 11 is 0. The number of esters is 1. The molecule has 0 N–H and O–H groups in total. The van der Waals surface area contributed by atoms with Gasteiger partial charge in [-0.1, -0.05) is 31.2 Å². The van der Waals surface area contributed by atoms with Crippen LogP contribution in [0.1, 0.15) is 78.2 Å². The van der Waals surface area contributed by atoms with Crippen molar-refractivity contribution in [2.24, 2.45) is 11.8 Å². The zero-order valence-corrected chi connectivity index (χ0v) is 18.3. The van der Waals surface area contributed by atoms with Gasteiger partial charge < -0.3 is 14.0 Å². The topological polar surface area (TPSA) is 44.8 Å². The maximum Gasteiger partial charge on any atom is 0.494 e. The molecule has 0 amide bonds. The van der Waals surface area contributed by atoms with Crippen LogP contribution in [0, 0.1) is 11.8 Å². The molecule has 0 aromatic heterocycles. The fourth-order valence-corrected chi connectivity index (χ4v) is 4.44. The summed E-state index contributed by atoms with van der Waals surface area (Å²) in [5, 5.41) is 0. The van der Waals surface area contributed by atoms with E-state index in [1.807, 2.05) is 0 Å². The van der Waals surface area contributed by atoms with Crippen molar-refractivity contribution in [3.63, 3.8) is 0 Å². The van der Waals surface area contributed by atoms with Crippen molar-refractivity contribution in [1.82, 2.24) is 0 Å². The van der Waals surface area contributed by atoms with E-state index in [-0.39, 0.29) is 24.3 Å². The molecule has 1 aliphatic carbocycles. The number of carbonyl (C=O) groups excluding carboxylic acids is 1. The first kappa shape index (κ1) is 21.4. The molecule has 1 saturated carbocycles. The highest BCUT2D eigenvalue weighted by atomic mass is 16.7. The average Bonchev–Trinajstić information content (AvgIpc) is 2.89. The minimum atomic E-state index is -0.310. The van der Waals surface area contributed by atoms with E-state index in [4.69, 9.17) is 14.0 Å². The Morgan fingerprint density at radius 3 is 2.11 bits per heavy atom. The molecule has 4 nitrogen and oxygen atoms in total. The molecule has 1 atom stereocenters. The molecule has 0 radical (unpaired) electrons. The van der Waals surface area contributed by atoms with E-state index in [1.54, 1.807) is 0 Å². The molecule has 154 valence electrons. The van der Waals surface area contributed by atoms with Crippen LogP contribution >= 0.6 is 0 Å². The second-order valence-corrected chi connectivity index (χ2v) is 9.62. The van der Waals surface area contributed by atoms with Gasteiger partial charge in [0.05, 0.1) is 18.3 Å². The lowest BCUT2D eigenvalue weighted by molar-refractivity contribution is -0.142. The summed E-state index contributed by atoms with van der Waals surface area (Å²) in [7, 11) is 1.17. The van der Waals surface area contributed by atoms with Crippen LogP contribution in [0.5, 0.6) is 0 Å². The molecule has 28 heavy (non-hydrogen) atoms. The van der Waals surface area contributed by atoms with Gasteiger partial charge in [-0.05, 0) is 82.2 Å². The van der Waals surface area contributed by atoms with Crippen LogP contribution < -0.4 is 5.46 Å². The largest absolute Gasteiger partial charge is 0.494 e. The SMILES string of the molecule is COC(=O)CC(C)C1CCC(c2ccc(B3OC(C)(C)C(C)(C)O3)cc2)CC1. The smallest absolute Gasteiger partial charge is 0.469 e. The highest BCUT2D eigenvalue weighted by Crippen LogP contribution is 2.40. The number of ether oxygens (including phenoxy) is 1. The molecular formula is C23H35BO4. The first-order chi connectivity index (χ1) is 13.1. The van der Waals surface area contributed by atoms with Crippen LogP contribution in [-0.4, -0.2) is 31.4 Å². The lowest BCUT2D eigenvalue weighted by Crippen LogP contribution is -2.41. The third kappa shape index (κ3) is 4.46. The molecule has 1 aliphatic heterocycles. The first-order valence-electron chi connectivity index (χ1n) is 10.7. The Balaban J connectivity index is 1.56. The van der Waals surface area contributed by atoms with Crippen molar-refractivity contribution in [2.45, 2.75) is 83.8 Å². The number of methoxy groups -OCH3 is 1. The van der Waals surface area contributed by atoms with E-state index in [0.29, 0.717) is 24.2 Å². The van der Waals surface area contributed by atoms with Crippen molar-refractivity contribution in [3.05, 3.63) is 29.8 Å². The molecule has 1 aromatic carbocycles. The molecule has 1 aromatic rings. The summed E-state index contributed by atoms with van der Waals surface area (Å²) in [6.45, 7) is 10.5. The predicted octanol–water partition coefficient (Wildman–Crippen LogP) is 4.46. The normalized spacial score (nSPS) is 27.4. The highest BCUT2D eigenvalue weighted by molar-refractivity contribution is 6.62. The van der Waals surface area contributed by atoms with Gasteiger partial charge in [0.15, 0.2) is 0 Å². The van der Waals surface area contributed by atoms with E-state index in [1.165, 1.54) is 38.4 Å².